The van der Waals surface area contributed by atoms with Gasteiger partial charge in [0, 0.05) is 36.0 Å². The average molecular weight is 429 g/mol. The van der Waals surface area contributed by atoms with Crippen molar-refractivity contribution in [2.45, 2.75) is 0 Å². The van der Waals surface area contributed by atoms with Gasteiger partial charge in [-0.2, -0.15) is 0 Å². The first-order valence-electron chi connectivity index (χ1n) is 8.83. The van der Waals surface area contributed by atoms with Crippen molar-refractivity contribution in [2.75, 3.05) is 32.8 Å². The van der Waals surface area contributed by atoms with Crippen LogP contribution >= 0.6 is 11.3 Å². The van der Waals surface area contributed by atoms with Gasteiger partial charge < -0.3 is 19.5 Å². The molecule has 10 heteroatoms. The number of hydrogen-bond acceptors (Lipinski definition) is 8. The Labute approximate surface area is 176 Å². The maximum Gasteiger partial charge on any atom is 0.286 e. The number of benzene rings is 2. The van der Waals surface area contributed by atoms with Crippen LogP contribution in [0.3, 0.4) is 0 Å². The number of rotatable bonds is 9. The molecule has 1 heterocycles. The zero-order valence-corrected chi connectivity index (χ0v) is 17.1. The largest absolute Gasteiger partial charge is 0.493 e. The van der Waals surface area contributed by atoms with Crippen LogP contribution in [0, 0.1) is 10.1 Å². The van der Waals surface area contributed by atoms with E-state index in [0.29, 0.717) is 12.3 Å². The fourth-order valence-electron chi connectivity index (χ4n) is 2.65. The van der Waals surface area contributed by atoms with Crippen molar-refractivity contribution in [1.82, 2.24) is 4.98 Å². The van der Waals surface area contributed by atoms with Gasteiger partial charge in [0.05, 0.1) is 24.7 Å². The average Bonchev–Trinajstić information content (AvgIpc) is 3.29. The molecule has 0 aliphatic rings. The van der Waals surface area contributed by atoms with Gasteiger partial charge in [0.25, 0.3) is 11.6 Å². The van der Waals surface area contributed by atoms with Crippen LogP contribution in [0.15, 0.2) is 48.0 Å². The monoisotopic (exact) mass is 429 g/mol. The first-order valence-corrected chi connectivity index (χ1v) is 9.71. The smallest absolute Gasteiger partial charge is 0.286 e. The van der Waals surface area contributed by atoms with Crippen LogP contribution in [0.25, 0.3) is 10.6 Å². The molecular weight excluding hydrogens is 410 g/mol. The lowest BCUT2D eigenvalue weighted by atomic mass is 10.1. The molecule has 3 rings (SSSR count). The highest BCUT2D eigenvalue weighted by Gasteiger charge is 2.25. The zero-order chi connectivity index (χ0) is 21.5. The van der Waals surface area contributed by atoms with E-state index < -0.39 is 10.8 Å². The molecule has 0 spiro atoms. The molecule has 0 radical (unpaired) electrons. The van der Waals surface area contributed by atoms with Gasteiger partial charge in [0.15, 0.2) is 11.5 Å². The molecule has 9 nitrogen and oxygen atoms in total. The summed E-state index contributed by atoms with van der Waals surface area (Å²) in [6, 6.07) is 9.51. The number of nitrogens with zero attached hydrogens (tertiary/aromatic N) is 2. The minimum Gasteiger partial charge on any atom is -0.493 e. The number of thiazole rings is 1. The molecule has 3 aromatic rings. The second-order valence-corrected chi connectivity index (χ2v) is 6.88. The Hall–Kier alpha value is -3.50. The van der Waals surface area contributed by atoms with Crippen LogP contribution in [0.4, 0.5) is 11.4 Å². The normalized spacial score (nSPS) is 10.5. The Kier molecular flexibility index (Phi) is 6.94. The van der Waals surface area contributed by atoms with Gasteiger partial charge in [-0.3, -0.25) is 14.9 Å². The summed E-state index contributed by atoms with van der Waals surface area (Å²) in [5.74, 6) is -0.267. The molecule has 0 aliphatic heterocycles. The van der Waals surface area contributed by atoms with Gasteiger partial charge in [0.1, 0.15) is 17.2 Å². The summed E-state index contributed by atoms with van der Waals surface area (Å²) in [5.41, 5.74) is 0.877. The Morgan fingerprint density at radius 3 is 2.53 bits per heavy atom. The van der Waals surface area contributed by atoms with Crippen molar-refractivity contribution in [3.05, 3.63) is 63.7 Å². The maximum absolute atomic E-state index is 12.8. The second kappa shape index (κ2) is 9.81. The van der Waals surface area contributed by atoms with Gasteiger partial charge in [-0.15, -0.1) is 11.3 Å². The van der Waals surface area contributed by atoms with Crippen LogP contribution in [0.2, 0.25) is 0 Å². The third-order valence-corrected chi connectivity index (χ3v) is 4.91. The molecular formula is C20H19N3O6S. The molecule has 0 bridgehead atoms. The number of nitro benzene ring substituents is 1. The third-order valence-electron chi connectivity index (χ3n) is 4.09. The van der Waals surface area contributed by atoms with Gasteiger partial charge in [0.2, 0.25) is 0 Å². The fourth-order valence-corrected chi connectivity index (χ4v) is 3.29. The minimum atomic E-state index is -0.636. The van der Waals surface area contributed by atoms with Crippen molar-refractivity contribution in [3.63, 3.8) is 0 Å². The predicted molar refractivity (Wildman–Crippen MR) is 113 cm³/mol. The number of ether oxygens (including phenoxy) is 3. The lowest BCUT2D eigenvalue weighted by molar-refractivity contribution is -0.385. The van der Waals surface area contributed by atoms with Crippen molar-refractivity contribution < 1.29 is 23.9 Å². The number of anilines is 1. The van der Waals surface area contributed by atoms with Gasteiger partial charge in [-0.05, 0) is 24.3 Å². The number of nitro groups is 1. The quantitative estimate of drug-likeness (QED) is 0.311. The first-order chi connectivity index (χ1) is 14.5. The Bertz CT molecular complexity index is 1020. The van der Waals surface area contributed by atoms with E-state index in [1.54, 1.807) is 18.3 Å². The summed E-state index contributed by atoms with van der Waals surface area (Å²) in [7, 11) is 2.91. The highest BCUT2D eigenvalue weighted by molar-refractivity contribution is 7.13. The van der Waals surface area contributed by atoms with Crippen molar-refractivity contribution in [2.24, 2.45) is 0 Å². The van der Waals surface area contributed by atoms with Crippen molar-refractivity contribution in [1.29, 1.82) is 0 Å². The van der Waals surface area contributed by atoms with Gasteiger partial charge in [-0.25, -0.2) is 4.98 Å². The molecule has 0 saturated carbocycles. The molecule has 0 unspecified atom stereocenters. The molecule has 30 heavy (non-hydrogen) atoms. The Balaban J connectivity index is 1.84. The zero-order valence-electron chi connectivity index (χ0n) is 16.3. The molecule has 156 valence electrons. The van der Waals surface area contributed by atoms with E-state index in [4.69, 9.17) is 14.2 Å². The standard InChI is InChI=1S/C20H19N3O6S/c1-27-8-9-29-18-12-16(23(25)26)15(11-17(18)28-2)19(24)22-14-5-3-13(4-6-14)20-21-7-10-30-20/h3-7,10-12H,8-9H2,1-2H3,(H,22,24). The summed E-state index contributed by atoms with van der Waals surface area (Å²) in [6.07, 6.45) is 1.71. The van der Waals surface area contributed by atoms with E-state index in [1.807, 2.05) is 17.5 Å². The van der Waals surface area contributed by atoms with Gasteiger partial charge in [-0.1, -0.05) is 0 Å². The molecule has 0 saturated heterocycles. The summed E-state index contributed by atoms with van der Waals surface area (Å²) in [5, 5.41) is 16.9. The number of nitrogens with one attached hydrogen (secondary N) is 1. The van der Waals surface area contributed by atoms with Crippen LogP contribution in [0.1, 0.15) is 10.4 Å². The number of aromatic nitrogens is 1. The SMILES string of the molecule is COCCOc1cc([N+](=O)[O-])c(C(=O)Nc2ccc(-c3nccs3)cc2)cc1OC. The second-order valence-electron chi connectivity index (χ2n) is 5.99. The minimum absolute atomic E-state index is 0.139. The number of hydrogen-bond donors (Lipinski definition) is 1. The van der Waals surface area contributed by atoms with Gasteiger partial charge >= 0.3 is 0 Å². The topological polar surface area (TPSA) is 113 Å². The molecule has 0 aliphatic carbocycles. The highest BCUT2D eigenvalue weighted by Crippen LogP contribution is 2.35. The van der Waals surface area contributed by atoms with Crippen LogP contribution in [0.5, 0.6) is 11.5 Å². The highest BCUT2D eigenvalue weighted by atomic mass is 32.1. The Morgan fingerprint density at radius 1 is 1.17 bits per heavy atom. The fraction of sp³-hybridized carbons (Fsp3) is 0.200. The third kappa shape index (κ3) is 4.91. The Morgan fingerprint density at radius 2 is 1.93 bits per heavy atom. The van der Waals surface area contributed by atoms with E-state index in [9.17, 15) is 14.9 Å². The first kappa shape index (κ1) is 21.2. The molecule has 0 atom stereocenters. The van der Waals surface area contributed by atoms with Crippen molar-refractivity contribution in [3.8, 4) is 22.1 Å². The molecule has 1 N–H and O–H groups in total. The van der Waals surface area contributed by atoms with E-state index in [-0.39, 0.29) is 29.4 Å². The van der Waals surface area contributed by atoms with E-state index >= 15 is 0 Å². The number of carbonyl (C=O) groups is 1. The molecule has 1 amide bonds. The van der Waals surface area contributed by atoms with E-state index in [1.165, 1.54) is 37.7 Å². The van der Waals surface area contributed by atoms with Crippen LogP contribution in [-0.4, -0.2) is 43.2 Å². The summed E-state index contributed by atoms with van der Waals surface area (Å²) < 4.78 is 15.6. The molecule has 0 fully saturated rings. The van der Waals surface area contributed by atoms with E-state index in [0.717, 1.165) is 10.6 Å². The molecule has 1 aromatic heterocycles. The van der Waals surface area contributed by atoms with Crippen LogP contribution in [-0.2, 0) is 4.74 Å². The summed E-state index contributed by atoms with van der Waals surface area (Å²) >= 11 is 1.50. The summed E-state index contributed by atoms with van der Waals surface area (Å²) in [4.78, 5) is 27.9. The lowest BCUT2D eigenvalue weighted by Crippen LogP contribution is -2.15. The number of amides is 1. The predicted octanol–water partition coefficient (Wildman–Crippen LogP) is 4.00. The van der Waals surface area contributed by atoms with Crippen molar-refractivity contribution >= 4 is 28.6 Å². The molecule has 2 aromatic carbocycles. The van der Waals surface area contributed by atoms with Crippen LogP contribution < -0.4 is 14.8 Å². The number of methoxy groups -OCH3 is 2. The summed E-state index contributed by atoms with van der Waals surface area (Å²) in [6.45, 7) is 0.483. The van der Waals surface area contributed by atoms with E-state index in [2.05, 4.69) is 10.3 Å². The lowest BCUT2D eigenvalue weighted by Gasteiger charge is -2.13. The number of carbonyl (C=O) groups excluding carboxylic acids is 1. The maximum atomic E-state index is 12.8.